The molecule has 2 atom stereocenters. The number of amides is 1. The van der Waals surface area contributed by atoms with Crippen LogP contribution in [0.3, 0.4) is 0 Å². The van der Waals surface area contributed by atoms with E-state index >= 15 is 0 Å². The first-order valence-corrected chi connectivity index (χ1v) is 11.4. The molecule has 1 aliphatic heterocycles. The molecule has 1 fully saturated rings. The van der Waals surface area contributed by atoms with Crippen molar-refractivity contribution in [2.24, 2.45) is 5.73 Å². The minimum atomic E-state index is -0.389. The molecular weight excluding hydrogens is 390 g/mol. The second-order valence-electron chi connectivity index (χ2n) is 7.11. The van der Waals surface area contributed by atoms with Crippen molar-refractivity contribution in [1.29, 1.82) is 0 Å². The van der Waals surface area contributed by atoms with Crippen molar-refractivity contribution in [2.45, 2.75) is 18.5 Å². The minimum absolute atomic E-state index is 0.0801. The molecule has 0 aliphatic carbocycles. The van der Waals surface area contributed by atoms with Gasteiger partial charge < -0.3 is 10.6 Å². The van der Waals surface area contributed by atoms with Crippen LogP contribution in [0, 0.1) is 0 Å². The van der Waals surface area contributed by atoms with Crippen molar-refractivity contribution < 1.29 is 4.79 Å². The minimum Gasteiger partial charge on any atom is -0.339 e. The van der Waals surface area contributed by atoms with Gasteiger partial charge in [0.25, 0.3) is 0 Å². The van der Waals surface area contributed by atoms with Gasteiger partial charge in [0.1, 0.15) is 0 Å². The van der Waals surface area contributed by atoms with Crippen LogP contribution in [0.2, 0.25) is 5.02 Å². The lowest BCUT2D eigenvalue weighted by atomic mass is 9.96. The number of hydrogen-bond donors (Lipinski definition) is 1. The van der Waals surface area contributed by atoms with Gasteiger partial charge in [-0.1, -0.05) is 54.1 Å². The number of nitrogens with two attached hydrogens (primary N) is 1. The fourth-order valence-corrected chi connectivity index (χ4v) is 4.31. The number of piperazine rings is 1. The summed E-state index contributed by atoms with van der Waals surface area (Å²) in [5, 5.41) is 0.741. The number of hydrogen-bond acceptors (Lipinski definition) is 4. The maximum absolute atomic E-state index is 12.6. The van der Waals surface area contributed by atoms with Gasteiger partial charge in [-0.15, -0.1) is 0 Å². The van der Waals surface area contributed by atoms with Crippen molar-refractivity contribution in [3.63, 3.8) is 0 Å². The van der Waals surface area contributed by atoms with E-state index in [0.717, 1.165) is 30.3 Å². The summed E-state index contributed by atoms with van der Waals surface area (Å²) in [6.07, 6.45) is 2.77. The van der Waals surface area contributed by atoms with Crippen molar-refractivity contribution in [3.05, 3.63) is 70.7 Å². The first kappa shape index (κ1) is 21.2. The van der Waals surface area contributed by atoms with E-state index in [9.17, 15) is 4.79 Å². The van der Waals surface area contributed by atoms with Gasteiger partial charge in [0.05, 0.1) is 12.1 Å². The molecule has 1 heterocycles. The standard InChI is InChI=1S/C22H28ClN3OS/c1-28-16-11-20(24)22(27)26-14-12-25(13-15-26)21(17-5-3-2-4-6-17)18-7-9-19(23)10-8-18/h2-10,20-21H,11-16,24H2,1H3. The molecule has 0 aromatic heterocycles. The molecule has 6 heteroatoms. The smallest absolute Gasteiger partial charge is 0.239 e. The Morgan fingerprint density at radius 1 is 1.04 bits per heavy atom. The number of nitrogens with zero attached hydrogens (tertiary/aromatic N) is 2. The molecule has 28 heavy (non-hydrogen) atoms. The van der Waals surface area contributed by atoms with Crippen LogP contribution in [0.5, 0.6) is 0 Å². The molecule has 4 nitrogen and oxygen atoms in total. The third-order valence-electron chi connectivity index (χ3n) is 5.24. The summed E-state index contributed by atoms with van der Waals surface area (Å²) in [5.41, 5.74) is 8.56. The summed E-state index contributed by atoms with van der Waals surface area (Å²) < 4.78 is 0. The van der Waals surface area contributed by atoms with E-state index in [2.05, 4.69) is 41.3 Å². The highest BCUT2D eigenvalue weighted by Gasteiger charge is 2.29. The molecule has 2 aromatic carbocycles. The summed E-state index contributed by atoms with van der Waals surface area (Å²) in [6, 6.07) is 18.3. The van der Waals surface area contributed by atoms with Gasteiger partial charge in [-0.2, -0.15) is 11.8 Å². The van der Waals surface area contributed by atoms with Gasteiger partial charge in [0.2, 0.25) is 5.91 Å². The highest BCUT2D eigenvalue weighted by atomic mass is 35.5. The number of benzene rings is 2. The van der Waals surface area contributed by atoms with Gasteiger partial charge >= 0.3 is 0 Å². The van der Waals surface area contributed by atoms with E-state index in [1.807, 2.05) is 29.4 Å². The normalized spacial score (nSPS) is 17.3. The van der Waals surface area contributed by atoms with E-state index in [4.69, 9.17) is 17.3 Å². The fourth-order valence-electron chi connectivity index (χ4n) is 3.70. The van der Waals surface area contributed by atoms with Gasteiger partial charge in [0, 0.05) is 31.2 Å². The van der Waals surface area contributed by atoms with Gasteiger partial charge in [-0.05, 0) is 41.7 Å². The Morgan fingerprint density at radius 2 is 1.64 bits per heavy atom. The number of carbonyl (C=O) groups is 1. The molecule has 0 bridgehead atoms. The third kappa shape index (κ3) is 5.29. The predicted octanol–water partition coefficient (Wildman–Crippen LogP) is 3.65. The number of rotatable bonds is 7. The van der Waals surface area contributed by atoms with Gasteiger partial charge in [-0.25, -0.2) is 0 Å². The Labute approximate surface area is 177 Å². The topological polar surface area (TPSA) is 49.6 Å². The quantitative estimate of drug-likeness (QED) is 0.746. The van der Waals surface area contributed by atoms with Crippen molar-refractivity contribution in [3.8, 4) is 0 Å². The average Bonchev–Trinajstić information content (AvgIpc) is 2.74. The highest BCUT2D eigenvalue weighted by Crippen LogP contribution is 2.30. The number of carbonyl (C=O) groups excluding carboxylic acids is 1. The second-order valence-corrected chi connectivity index (χ2v) is 8.54. The molecule has 1 saturated heterocycles. The molecule has 1 aliphatic rings. The average molecular weight is 418 g/mol. The van der Waals surface area contributed by atoms with E-state index in [1.165, 1.54) is 11.1 Å². The largest absolute Gasteiger partial charge is 0.339 e. The van der Waals surface area contributed by atoms with Crippen LogP contribution in [0.25, 0.3) is 0 Å². The van der Waals surface area contributed by atoms with E-state index < -0.39 is 0 Å². The van der Waals surface area contributed by atoms with Crippen LogP contribution in [0.4, 0.5) is 0 Å². The summed E-state index contributed by atoms with van der Waals surface area (Å²) in [4.78, 5) is 17.0. The van der Waals surface area contributed by atoms with Crippen LogP contribution in [-0.4, -0.2) is 59.9 Å². The second kappa shape index (κ2) is 10.3. The molecule has 0 spiro atoms. The maximum Gasteiger partial charge on any atom is 0.239 e. The molecule has 0 saturated carbocycles. The van der Waals surface area contributed by atoms with E-state index in [-0.39, 0.29) is 18.0 Å². The number of thioether (sulfide) groups is 1. The molecule has 2 unspecified atom stereocenters. The van der Waals surface area contributed by atoms with Gasteiger partial charge in [0.15, 0.2) is 0 Å². The highest BCUT2D eigenvalue weighted by molar-refractivity contribution is 7.98. The van der Waals surface area contributed by atoms with Crippen LogP contribution in [0.1, 0.15) is 23.6 Å². The van der Waals surface area contributed by atoms with Crippen LogP contribution in [-0.2, 0) is 4.79 Å². The lowest BCUT2D eigenvalue weighted by molar-refractivity contribution is -0.134. The molecule has 1 amide bonds. The summed E-state index contributed by atoms with van der Waals surface area (Å²) in [5.74, 6) is 0.996. The maximum atomic E-state index is 12.6. The zero-order valence-electron chi connectivity index (χ0n) is 16.3. The van der Waals surface area contributed by atoms with Crippen LogP contribution >= 0.6 is 23.4 Å². The van der Waals surface area contributed by atoms with Crippen molar-refractivity contribution in [1.82, 2.24) is 9.80 Å². The summed E-state index contributed by atoms with van der Waals surface area (Å²) in [6.45, 7) is 3.07. The Morgan fingerprint density at radius 3 is 2.25 bits per heavy atom. The monoisotopic (exact) mass is 417 g/mol. The van der Waals surface area contributed by atoms with Gasteiger partial charge in [-0.3, -0.25) is 9.69 Å². The summed E-state index contributed by atoms with van der Waals surface area (Å²) >= 11 is 7.82. The Kier molecular flexibility index (Phi) is 7.80. The zero-order valence-corrected chi connectivity index (χ0v) is 17.8. The molecule has 0 radical (unpaired) electrons. The molecular formula is C22H28ClN3OS. The SMILES string of the molecule is CSCCC(N)C(=O)N1CCN(C(c2ccccc2)c2ccc(Cl)cc2)CC1. The van der Waals surface area contributed by atoms with Crippen molar-refractivity contribution in [2.75, 3.05) is 38.2 Å². The molecule has 150 valence electrons. The first-order valence-electron chi connectivity index (χ1n) is 9.68. The fraction of sp³-hybridized carbons (Fsp3) is 0.409. The Bertz CT molecular complexity index is 748. The summed E-state index contributed by atoms with van der Waals surface area (Å²) in [7, 11) is 0. The lowest BCUT2D eigenvalue weighted by Gasteiger charge is -2.40. The number of halogens is 1. The Hall–Kier alpha value is -1.53. The van der Waals surface area contributed by atoms with Crippen molar-refractivity contribution >= 4 is 29.3 Å². The molecule has 3 rings (SSSR count). The Balaban J connectivity index is 1.71. The first-order chi connectivity index (χ1) is 13.6. The third-order valence-corrected chi connectivity index (χ3v) is 6.14. The van der Waals surface area contributed by atoms with E-state index in [0.29, 0.717) is 13.1 Å². The molecule has 2 N–H and O–H groups in total. The van der Waals surface area contributed by atoms with E-state index in [1.54, 1.807) is 11.8 Å². The molecule has 2 aromatic rings. The van der Waals surface area contributed by atoms with Crippen LogP contribution < -0.4 is 5.73 Å². The lowest BCUT2D eigenvalue weighted by Crippen LogP contribution is -2.53. The predicted molar refractivity (Wildman–Crippen MR) is 119 cm³/mol. The van der Waals surface area contributed by atoms with Crippen LogP contribution in [0.15, 0.2) is 54.6 Å². The zero-order chi connectivity index (χ0) is 19.9.